The molecule has 4 amide bonds. The van der Waals surface area contributed by atoms with E-state index in [1.54, 1.807) is 28.9 Å². The molecule has 2 unspecified atom stereocenters. The van der Waals surface area contributed by atoms with Crippen molar-refractivity contribution in [3.63, 3.8) is 0 Å². The molecule has 7 rings (SSSR count). The van der Waals surface area contributed by atoms with Gasteiger partial charge in [0.1, 0.15) is 6.04 Å². The van der Waals surface area contributed by atoms with Crippen molar-refractivity contribution in [3.8, 4) is 0 Å². The molecular formula is C35H46N10O4. The first kappa shape index (κ1) is 32.8. The molecule has 0 aliphatic carbocycles. The smallest absolute Gasteiger partial charge is 0.327 e. The standard InChI is InChI=1S/C35H46N10O4/c1-22-17-24(18-25-20-38-41-29(22)25)19-27(32(47)44-16-10-35(21-44)8-14-42(15-9-35)31(46)23(2)36-3)39-33(48)43-12-6-26(7-13-43)45-28-5-4-11-37-30(28)40-34(45)49/h4-5,11,17-18,20,23,26-27,36H,6-10,12-16,19,21H2,1-3H3,(H,38,41)(H,39,48)(H,37,40,49). The van der Waals surface area contributed by atoms with Crippen molar-refractivity contribution in [1.82, 2.24) is 50.1 Å². The highest BCUT2D eigenvalue weighted by molar-refractivity contribution is 5.88. The first-order valence-electron chi connectivity index (χ1n) is 17.4. The van der Waals surface area contributed by atoms with Crippen LogP contribution in [0.1, 0.15) is 56.2 Å². The van der Waals surface area contributed by atoms with E-state index in [1.165, 1.54) is 0 Å². The number of nitrogens with zero attached hydrogens (tertiary/aromatic N) is 6. The molecule has 6 heterocycles. The van der Waals surface area contributed by atoms with Crippen LogP contribution in [-0.4, -0.2) is 116 Å². The predicted molar refractivity (Wildman–Crippen MR) is 185 cm³/mol. The number of nitrogens with one attached hydrogen (secondary N) is 4. The summed E-state index contributed by atoms with van der Waals surface area (Å²) in [5.41, 5.74) is 4.05. The van der Waals surface area contributed by atoms with E-state index in [0.29, 0.717) is 64.2 Å². The van der Waals surface area contributed by atoms with E-state index in [1.807, 2.05) is 41.8 Å². The summed E-state index contributed by atoms with van der Waals surface area (Å²) in [5, 5.41) is 14.3. The fourth-order valence-corrected chi connectivity index (χ4v) is 8.11. The summed E-state index contributed by atoms with van der Waals surface area (Å²) in [6.45, 7) is 7.45. The Kier molecular flexibility index (Phi) is 8.90. The highest BCUT2D eigenvalue weighted by atomic mass is 16.2. The van der Waals surface area contributed by atoms with Crippen molar-refractivity contribution in [1.29, 1.82) is 0 Å². The van der Waals surface area contributed by atoms with E-state index < -0.39 is 6.04 Å². The summed E-state index contributed by atoms with van der Waals surface area (Å²) in [6.07, 6.45) is 7.62. The molecule has 3 aromatic heterocycles. The number of likely N-dealkylation sites (N-methyl/N-ethyl adjacent to an activating group) is 1. The summed E-state index contributed by atoms with van der Waals surface area (Å²) in [5.74, 6) is 0.0377. The van der Waals surface area contributed by atoms with E-state index in [9.17, 15) is 19.2 Å². The highest BCUT2D eigenvalue weighted by Gasteiger charge is 2.44. The second-order valence-electron chi connectivity index (χ2n) is 14.2. The molecule has 4 aromatic rings. The van der Waals surface area contributed by atoms with Gasteiger partial charge in [-0.1, -0.05) is 6.07 Å². The molecule has 1 aromatic carbocycles. The van der Waals surface area contributed by atoms with Gasteiger partial charge in [0.2, 0.25) is 11.8 Å². The van der Waals surface area contributed by atoms with Gasteiger partial charge in [-0.25, -0.2) is 14.6 Å². The molecule has 260 valence electrons. The second kappa shape index (κ2) is 13.3. The molecule has 14 nitrogen and oxygen atoms in total. The van der Waals surface area contributed by atoms with Crippen molar-refractivity contribution in [2.24, 2.45) is 5.41 Å². The number of fused-ring (bicyclic) bond motifs is 2. The summed E-state index contributed by atoms with van der Waals surface area (Å²) < 4.78 is 1.75. The zero-order valence-electron chi connectivity index (χ0n) is 28.5. The number of imidazole rings is 1. The number of carbonyl (C=O) groups is 3. The lowest BCUT2D eigenvalue weighted by Crippen LogP contribution is -2.54. The molecule has 0 radical (unpaired) electrons. The Balaban J connectivity index is 1.04. The monoisotopic (exact) mass is 670 g/mol. The predicted octanol–water partition coefficient (Wildman–Crippen LogP) is 2.32. The van der Waals surface area contributed by atoms with E-state index in [0.717, 1.165) is 46.8 Å². The number of hydrogen-bond donors (Lipinski definition) is 4. The van der Waals surface area contributed by atoms with Crippen LogP contribution in [0.25, 0.3) is 22.1 Å². The van der Waals surface area contributed by atoms with Crippen molar-refractivity contribution >= 4 is 39.9 Å². The molecule has 2 atom stereocenters. The fraction of sp³-hybridized carbons (Fsp3) is 0.543. The van der Waals surface area contributed by atoms with Crippen LogP contribution in [0, 0.1) is 12.3 Å². The summed E-state index contributed by atoms with van der Waals surface area (Å²) in [7, 11) is 1.80. The van der Waals surface area contributed by atoms with E-state index in [4.69, 9.17) is 0 Å². The molecule has 0 saturated carbocycles. The molecule has 14 heteroatoms. The lowest BCUT2D eigenvalue weighted by atomic mass is 9.77. The van der Waals surface area contributed by atoms with Gasteiger partial charge in [0.15, 0.2) is 5.65 Å². The van der Waals surface area contributed by atoms with Crippen molar-refractivity contribution < 1.29 is 14.4 Å². The van der Waals surface area contributed by atoms with Crippen LogP contribution in [0.3, 0.4) is 0 Å². The van der Waals surface area contributed by atoms with E-state index in [2.05, 4.69) is 36.9 Å². The van der Waals surface area contributed by atoms with Gasteiger partial charge in [-0.2, -0.15) is 5.10 Å². The molecule has 0 bridgehead atoms. The maximum absolute atomic E-state index is 14.3. The van der Waals surface area contributed by atoms with Gasteiger partial charge < -0.3 is 25.3 Å². The van der Waals surface area contributed by atoms with Crippen LogP contribution in [0.4, 0.5) is 4.79 Å². The molecule has 3 saturated heterocycles. The van der Waals surface area contributed by atoms with E-state index in [-0.39, 0.29) is 41.0 Å². The molecule has 1 spiro atoms. The third-order valence-corrected chi connectivity index (χ3v) is 11.1. The molecular weight excluding hydrogens is 624 g/mol. The maximum Gasteiger partial charge on any atom is 0.327 e. The number of benzene rings is 1. The van der Waals surface area contributed by atoms with Gasteiger partial charge in [0, 0.05) is 63.3 Å². The fourth-order valence-electron chi connectivity index (χ4n) is 8.11. The SMILES string of the molecule is CNC(C)C(=O)N1CCC2(CC1)CCN(C(=O)C(Cc1cc(C)c3[nH]ncc3c1)NC(=O)N1CCC(n3c(=O)[nH]c4ncccc43)CC1)C2. The number of pyridine rings is 1. The van der Waals surface area contributed by atoms with Gasteiger partial charge in [0.05, 0.1) is 23.3 Å². The molecule has 4 N–H and O–H groups in total. The van der Waals surface area contributed by atoms with Crippen LogP contribution in [0.2, 0.25) is 0 Å². The summed E-state index contributed by atoms with van der Waals surface area (Å²) in [6, 6.07) is 6.49. The number of aryl methyl sites for hydroxylation is 1. The Morgan fingerprint density at radius 3 is 2.49 bits per heavy atom. The van der Waals surface area contributed by atoms with Crippen LogP contribution in [-0.2, 0) is 16.0 Å². The lowest BCUT2D eigenvalue weighted by Gasteiger charge is -2.40. The number of aromatic amines is 2. The number of likely N-dealkylation sites (tertiary alicyclic amines) is 3. The van der Waals surface area contributed by atoms with Crippen molar-refractivity contribution in [2.45, 2.75) is 70.5 Å². The van der Waals surface area contributed by atoms with Crippen molar-refractivity contribution in [3.05, 3.63) is 58.3 Å². The minimum Gasteiger partial charge on any atom is -0.341 e. The number of hydrogen-bond acceptors (Lipinski definition) is 7. The average Bonchev–Trinajstić information content (AvgIpc) is 3.84. The zero-order chi connectivity index (χ0) is 34.3. The molecule has 3 aliphatic rings. The third-order valence-electron chi connectivity index (χ3n) is 11.1. The number of carbonyl (C=O) groups excluding carboxylic acids is 3. The molecule has 3 fully saturated rings. The summed E-state index contributed by atoms with van der Waals surface area (Å²) >= 11 is 0. The molecule has 3 aliphatic heterocycles. The van der Waals surface area contributed by atoms with Gasteiger partial charge in [-0.05, 0) is 87.7 Å². The number of amides is 4. The van der Waals surface area contributed by atoms with Gasteiger partial charge in [-0.3, -0.25) is 24.2 Å². The van der Waals surface area contributed by atoms with Gasteiger partial charge in [-0.15, -0.1) is 0 Å². The van der Waals surface area contributed by atoms with E-state index >= 15 is 0 Å². The van der Waals surface area contributed by atoms with Crippen LogP contribution < -0.4 is 16.3 Å². The second-order valence-corrected chi connectivity index (χ2v) is 14.2. The topological polar surface area (TPSA) is 164 Å². The number of piperidine rings is 2. The number of aromatic nitrogens is 5. The normalized spacial score (nSPS) is 19.5. The molecule has 49 heavy (non-hydrogen) atoms. The summed E-state index contributed by atoms with van der Waals surface area (Å²) in [4.78, 5) is 66.4. The third kappa shape index (κ3) is 6.41. The Morgan fingerprint density at radius 1 is 1.02 bits per heavy atom. The highest BCUT2D eigenvalue weighted by Crippen LogP contribution is 2.41. The number of H-pyrrole nitrogens is 2. The van der Waals surface area contributed by atoms with Crippen molar-refractivity contribution in [2.75, 3.05) is 46.3 Å². The maximum atomic E-state index is 14.3. The Hall–Kier alpha value is -4.72. The minimum atomic E-state index is -0.746. The first-order valence-corrected chi connectivity index (χ1v) is 17.4. The van der Waals surface area contributed by atoms with Crippen LogP contribution in [0.5, 0.6) is 0 Å². The first-order chi connectivity index (χ1) is 23.6. The van der Waals surface area contributed by atoms with Gasteiger partial charge in [0.25, 0.3) is 0 Å². The number of urea groups is 1. The average molecular weight is 671 g/mol. The minimum absolute atomic E-state index is 0.0198. The van der Waals surface area contributed by atoms with Crippen LogP contribution in [0.15, 0.2) is 41.5 Å². The Bertz CT molecular complexity index is 1910. The van der Waals surface area contributed by atoms with Crippen LogP contribution >= 0.6 is 0 Å². The lowest BCUT2D eigenvalue weighted by molar-refractivity contribution is -0.136. The largest absolute Gasteiger partial charge is 0.341 e. The van der Waals surface area contributed by atoms with Gasteiger partial charge >= 0.3 is 11.7 Å². The zero-order valence-corrected chi connectivity index (χ0v) is 28.5. The Labute approximate surface area is 284 Å². The quantitative estimate of drug-likeness (QED) is 0.234. The number of rotatable bonds is 7. The Morgan fingerprint density at radius 2 is 1.76 bits per heavy atom.